The van der Waals surface area contributed by atoms with E-state index in [0.717, 1.165) is 81.0 Å². The standard InChI is InChI=1S/C34H49N3O5/c1-7-9-12-35-34(38)37-14-11-24-18-31(40-4)33(42-6)20-27(24)29(37)16-25-15-28-26-19-32(41-5)30(39-3)17-23(26)10-13-36(28)21-22(25)8-2/h17-20,22,25,28-29H,7-16,21H2,1-6H3,(H,35,38). The molecule has 3 heterocycles. The van der Waals surface area contributed by atoms with E-state index >= 15 is 0 Å². The van der Waals surface area contributed by atoms with Crippen molar-refractivity contribution in [2.24, 2.45) is 11.8 Å². The van der Waals surface area contributed by atoms with Gasteiger partial charge in [-0.1, -0.05) is 26.7 Å². The molecule has 4 unspecified atom stereocenters. The molecular formula is C34H49N3O5. The Morgan fingerprint density at radius 1 is 0.833 bits per heavy atom. The van der Waals surface area contributed by atoms with Crippen molar-refractivity contribution in [3.63, 3.8) is 0 Å². The maximum Gasteiger partial charge on any atom is 0.317 e. The van der Waals surface area contributed by atoms with Crippen molar-refractivity contribution in [1.29, 1.82) is 0 Å². The van der Waals surface area contributed by atoms with Gasteiger partial charge >= 0.3 is 6.03 Å². The third-order valence-electron chi connectivity index (χ3n) is 9.90. The molecule has 0 bridgehead atoms. The SMILES string of the molecule is CCCCNC(=O)N1CCc2cc(OC)c(OC)cc2C1CC1CC2c3cc(OC)c(OC)cc3CCN2CC1CC. The lowest BCUT2D eigenvalue weighted by Crippen LogP contribution is -2.49. The van der Waals surface area contributed by atoms with Crippen LogP contribution < -0.4 is 24.3 Å². The van der Waals surface area contributed by atoms with Gasteiger partial charge in [-0.15, -0.1) is 0 Å². The first-order valence-corrected chi connectivity index (χ1v) is 15.7. The number of unbranched alkanes of at least 4 members (excludes halogenated alkanes) is 1. The van der Waals surface area contributed by atoms with Crippen LogP contribution >= 0.6 is 0 Å². The zero-order valence-electron chi connectivity index (χ0n) is 26.3. The number of amides is 2. The minimum atomic E-state index is -0.0192. The smallest absolute Gasteiger partial charge is 0.317 e. The number of nitrogens with zero attached hydrogens (tertiary/aromatic N) is 2. The molecule has 2 amide bonds. The summed E-state index contributed by atoms with van der Waals surface area (Å²) < 4.78 is 22.7. The lowest BCUT2D eigenvalue weighted by molar-refractivity contribution is 0.0351. The number of nitrogens with one attached hydrogen (secondary N) is 1. The summed E-state index contributed by atoms with van der Waals surface area (Å²) >= 11 is 0. The van der Waals surface area contributed by atoms with Crippen LogP contribution in [-0.2, 0) is 12.8 Å². The molecule has 1 saturated heterocycles. The van der Waals surface area contributed by atoms with Gasteiger partial charge in [-0.25, -0.2) is 4.79 Å². The molecular weight excluding hydrogens is 530 g/mol. The molecule has 1 N–H and O–H groups in total. The molecule has 42 heavy (non-hydrogen) atoms. The molecule has 3 aliphatic rings. The maximum absolute atomic E-state index is 13.6. The highest BCUT2D eigenvalue weighted by Gasteiger charge is 2.42. The van der Waals surface area contributed by atoms with Gasteiger partial charge in [-0.3, -0.25) is 4.90 Å². The first-order chi connectivity index (χ1) is 20.5. The van der Waals surface area contributed by atoms with E-state index in [1.54, 1.807) is 28.4 Å². The number of hydrogen-bond acceptors (Lipinski definition) is 6. The Bertz CT molecular complexity index is 1250. The lowest BCUT2D eigenvalue weighted by Gasteiger charge is -2.49. The number of hydrogen-bond donors (Lipinski definition) is 1. The summed E-state index contributed by atoms with van der Waals surface area (Å²) in [5, 5.41) is 3.21. The summed E-state index contributed by atoms with van der Waals surface area (Å²) in [6, 6.07) is 8.97. The van der Waals surface area contributed by atoms with Crippen LogP contribution in [0, 0.1) is 11.8 Å². The number of ether oxygens (including phenoxy) is 4. The fourth-order valence-corrected chi connectivity index (χ4v) is 7.54. The predicted molar refractivity (Wildman–Crippen MR) is 165 cm³/mol. The van der Waals surface area contributed by atoms with E-state index in [1.165, 1.54) is 22.3 Å². The number of fused-ring (bicyclic) bond motifs is 4. The van der Waals surface area contributed by atoms with Crippen LogP contribution in [0.15, 0.2) is 24.3 Å². The number of carbonyl (C=O) groups is 1. The molecule has 2 aromatic carbocycles. The van der Waals surface area contributed by atoms with Crippen molar-refractivity contribution >= 4 is 6.03 Å². The van der Waals surface area contributed by atoms with Gasteiger partial charge in [0.25, 0.3) is 0 Å². The van der Waals surface area contributed by atoms with Crippen LogP contribution in [0.4, 0.5) is 4.79 Å². The van der Waals surface area contributed by atoms with E-state index < -0.39 is 0 Å². The average molecular weight is 580 g/mol. The van der Waals surface area contributed by atoms with E-state index in [0.29, 0.717) is 31.0 Å². The summed E-state index contributed by atoms with van der Waals surface area (Å²) in [6.07, 6.45) is 6.98. The molecule has 0 radical (unpaired) electrons. The molecule has 1 fully saturated rings. The molecule has 0 spiro atoms. The molecule has 3 aliphatic heterocycles. The minimum Gasteiger partial charge on any atom is -0.493 e. The first kappa shape index (κ1) is 30.3. The van der Waals surface area contributed by atoms with Crippen molar-refractivity contribution in [1.82, 2.24) is 15.1 Å². The van der Waals surface area contributed by atoms with Gasteiger partial charge in [0, 0.05) is 32.2 Å². The lowest BCUT2D eigenvalue weighted by atomic mass is 9.72. The predicted octanol–water partition coefficient (Wildman–Crippen LogP) is 6.17. The van der Waals surface area contributed by atoms with Gasteiger partial charge in [-0.05, 0) is 90.5 Å². The number of benzene rings is 2. The van der Waals surface area contributed by atoms with Crippen LogP contribution in [0.5, 0.6) is 23.0 Å². The van der Waals surface area contributed by atoms with Gasteiger partial charge in [0.1, 0.15) is 0 Å². The van der Waals surface area contributed by atoms with Gasteiger partial charge in [-0.2, -0.15) is 0 Å². The van der Waals surface area contributed by atoms with Gasteiger partial charge in [0.15, 0.2) is 23.0 Å². The number of rotatable bonds is 10. The van der Waals surface area contributed by atoms with Gasteiger partial charge in [0.2, 0.25) is 0 Å². The molecule has 0 saturated carbocycles. The summed E-state index contributed by atoms with van der Waals surface area (Å²) in [7, 11) is 6.79. The zero-order chi connectivity index (χ0) is 29.8. The van der Waals surface area contributed by atoms with Gasteiger partial charge in [0.05, 0.1) is 34.5 Å². The molecule has 4 atom stereocenters. The monoisotopic (exact) mass is 579 g/mol. The van der Waals surface area contributed by atoms with Crippen molar-refractivity contribution in [2.75, 3.05) is 54.6 Å². The fraction of sp³-hybridized carbons (Fsp3) is 0.618. The average Bonchev–Trinajstić information content (AvgIpc) is 3.02. The first-order valence-electron chi connectivity index (χ1n) is 15.7. The number of carbonyl (C=O) groups excluding carboxylic acids is 1. The molecule has 230 valence electrons. The Morgan fingerprint density at radius 2 is 1.43 bits per heavy atom. The normalized spacial score (nSPS) is 23.3. The van der Waals surface area contributed by atoms with Gasteiger partial charge < -0.3 is 29.2 Å². The molecule has 5 rings (SSSR count). The third kappa shape index (κ3) is 5.87. The zero-order valence-corrected chi connectivity index (χ0v) is 26.3. The second kappa shape index (κ2) is 13.4. The topological polar surface area (TPSA) is 72.5 Å². The Labute approximate surface area is 251 Å². The highest BCUT2D eigenvalue weighted by Crippen LogP contribution is 2.49. The van der Waals surface area contributed by atoms with Crippen molar-refractivity contribution in [3.8, 4) is 23.0 Å². The Hall–Kier alpha value is -3.13. The molecule has 8 heteroatoms. The van der Waals surface area contributed by atoms with Crippen LogP contribution in [0.25, 0.3) is 0 Å². The van der Waals surface area contributed by atoms with Crippen molar-refractivity contribution in [2.45, 2.75) is 70.9 Å². The Morgan fingerprint density at radius 3 is 2.05 bits per heavy atom. The second-order valence-corrected chi connectivity index (χ2v) is 12.0. The summed E-state index contributed by atoms with van der Waals surface area (Å²) in [6.45, 7) is 8.01. The number of urea groups is 1. The van der Waals surface area contributed by atoms with E-state index in [-0.39, 0.29) is 12.1 Å². The Kier molecular flexibility index (Phi) is 9.71. The van der Waals surface area contributed by atoms with Crippen LogP contribution in [0.3, 0.4) is 0 Å². The Balaban J connectivity index is 1.49. The van der Waals surface area contributed by atoms with E-state index in [4.69, 9.17) is 18.9 Å². The highest BCUT2D eigenvalue weighted by atomic mass is 16.5. The van der Waals surface area contributed by atoms with Crippen molar-refractivity contribution in [3.05, 3.63) is 46.5 Å². The van der Waals surface area contributed by atoms with Crippen LogP contribution in [0.1, 0.15) is 80.3 Å². The maximum atomic E-state index is 13.6. The summed E-state index contributed by atoms with van der Waals surface area (Å²) in [5.41, 5.74) is 5.17. The van der Waals surface area contributed by atoms with E-state index in [2.05, 4.69) is 53.2 Å². The van der Waals surface area contributed by atoms with Crippen LogP contribution in [-0.4, -0.2) is 70.4 Å². The third-order valence-corrected chi connectivity index (χ3v) is 9.90. The van der Waals surface area contributed by atoms with Crippen LogP contribution in [0.2, 0.25) is 0 Å². The molecule has 0 aliphatic carbocycles. The van der Waals surface area contributed by atoms with E-state index in [9.17, 15) is 4.79 Å². The summed E-state index contributed by atoms with van der Waals surface area (Å²) in [4.78, 5) is 18.4. The molecule has 2 aromatic rings. The molecule has 0 aromatic heterocycles. The second-order valence-electron chi connectivity index (χ2n) is 12.0. The minimum absolute atomic E-state index is 0.0192. The molecule has 8 nitrogen and oxygen atoms in total. The summed E-state index contributed by atoms with van der Waals surface area (Å²) in [5.74, 6) is 4.10. The van der Waals surface area contributed by atoms with E-state index in [1.807, 2.05) is 0 Å². The van der Waals surface area contributed by atoms with Crippen molar-refractivity contribution < 1.29 is 23.7 Å². The highest BCUT2D eigenvalue weighted by molar-refractivity contribution is 5.75. The largest absolute Gasteiger partial charge is 0.493 e. The quantitative estimate of drug-likeness (QED) is 0.340. The number of methoxy groups -OCH3 is 4. The number of piperidine rings is 1. The fourth-order valence-electron chi connectivity index (χ4n) is 7.54.